The average Bonchev–Trinajstić information content (AvgIpc) is 3.88. The van der Waals surface area contributed by atoms with E-state index in [-0.39, 0.29) is 42.0 Å². The van der Waals surface area contributed by atoms with Crippen molar-refractivity contribution in [2.75, 3.05) is 5.88 Å². The van der Waals surface area contributed by atoms with E-state index in [0.717, 1.165) is 18.4 Å². The van der Waals surface area contributed by atoms with Crippen molar-refractivity contribution in [3.05, 3.63) is 71.8 Å². The maximum absolute atomic E-state index is 14.2. The van der Waals surface area contributed by atoms with E-state index in [1.165, 1.54) is 16.7 Å². The molecule has 1 heterocycles. The van der Waals surface area contributed by atoms with Crippen LogP contribution in [0.3, 0.4) is 0 Å². The molecule has 5 amide bonds. The SMILES string of the molecule is CC(C)C(C)NC(=O)[C@H]1N(C(=O)[C@@H](O)[C@H](Cc2ccccc2)NC(=O)[C@@H](NC(=O)[C@@H](NC(=O)C2CC2)c2ccccc2)C(C)(C)C)CSC1(C)C. The number of carbonyl (C=O) groups is 5. The lowest BCUT2D eigenvalue weighted by atomic mass is 9.85. The number of thioether (sulfide) groups is 1. The summed E-state index contributed by atoms with van der Waals surface area (Å²) < 4.78 is -0.625. The van der Waals surface area contributed by atoms with Gasteiger partial charge in [0.2, 0.25) is 23.6 Å². The van der Waals surface area contributed by atoms with Crippen LogP contribution >= 0.6 is 11.8 Å². The molecule has 1 saturated carbocycles. The van der Waals surface area contributed by atoms with Crippen molar-refractivity contribution in [1.29, 1.82) is 0 Å². The second kappa shape index (κ2) is 16.6. The first-order valence-corrected chi connectivity index (χ1v) is 18.8. The molecule has 278 valence electrons. The van der Waals surface area contributed by atoms with Gasteiger partial charge >= 0.3 is 0 Å². The zero-order valence-corrected chi connectivity index (χ0v) is 31.9. The van der Waals surface area contributed by atoms with Crippen molar-refractivity contribution in [3.63, 3.8) is 0 Å². The fraction of sp³-hybridized carbons (Fsp3) is 0.564. The molecule has 0 bridgehead atoms. The van der Waals surface area contributed by atoms with Crippen LogP contribution < -0.4 is 21.3 Å². The first-order chi connectivity index (χ1) is 23.9. The van der Waals surface area contributed by atoms with Crippen LogP contribution in [0.25, 0.3) is 0 Å². The number of hydrogen-bond acceptors (Lipinski definition) is 7. The van der Waals surface area contributed by atoms with Crippen LogP contribution in [0.15, 0.2) is 60.7 Å². The molecule has 12 heteroatoms. The van der Waals surface area contributed by atoms with Crippen LogP contribution in [0.5, 0.6) is 0 Å². The second-order valence-electron chi connectivity index (χ2n) is 15.8. The summed E-state index contributed by atoms with van der Waals surface area (Å²) in [5.41, 5.74) is 0.543. The first-order valence-electron chi connectivity index (χ1n) is 17.8. The Bertz CT molecular complexity index is 1540. The van der Waals surface area contributed by atoms with E-state index in [2.05, 4.69) is 21.3 Å². The Morgan fingerprint density at radius 1 is 0.843 bits per heavy atom. The number of carbonyl (C=O) groups excluding carboxylic acids is 5. The Morgan fingerprint density at radius 3 is 1.98 bits per heavy atom. The molecule has 1 saturated heterocycles. The lowest BCUT2D eigenvalue weighted by molar-refractivity contribution is -0.148. The number of aliphatic hydroxyl groups excluding tert-OH is 1. The van der Waals surface area contributed by atoms with Crippen molar-refractivity contribution in [2.24, 2.45) is 17.3 Å². The van der Waals surface area contributed by atoms with Crippen LogP contribution in [0, 0.1) is 17.3 Å². The summed E-state index contributed by atoms with van der Waals surface area (Å²) in [6.45, 7) is 15.1. The molecular weight excluding hydrogens is 667 g/mol. The molecule has 1 unspecified atom stereocenters. The Balaban J connectivity index is 1.59. The second-order valence-corrected chi connectivity index (χ2v) is 17.4. The van der Waals surface area contributed by atoms with Gasteiger partial charge in [-0.25, -0.2) is 0 Å². The lowest BCUT2D eigenvalue weighted by Gasteiger charge is -2.36. The number of amides is 5. The molecule has 4 rings (SSSR count). The third kappa shape index (κ3) is 10.3. The number of hydrogen-bond donors (Lipinski definition) is 5. The Morgan fingerprint density at radius 2 is 1.43 bits per heavy atom. The van der Waals surface area contributed by atoms with Gasteiger partial charge in [-0.2, -0.15) is 0 Å². The molecule has 51 heavy (non-hydrogen) atoms. The lowest BCUT2D eigenvalue weighted by Crippen LogP contribution is -2.62. The Labute approximate surface area is 306 Å². The van der Waals surface area contributed by atoms with E-state index in [9.17, 15) is 29.1 Å². The average molecular weight is 722 g/mol. The van der Waals surface area contributed by atoms with Gasteiger partial charge in [-0.1, -0.05) is 95.3 Å². The van der Waals surface area contributed by atoms with Crippen molar-refractivity contribution in [2.45, 2.75) is 116 Å². The summed E-state index contributed by atoms with van der Waals surface area (Å²) in [7, 11) is 0. The minimum Gasteiger partial charge on any atom is -0.381 e. The van der Waals surface area contributed by atoms with Crippen molar-refractivity contribution < 1.29 is 29.1 Å². The fourth-order valence-corrected chi connectivity index (χ4v) is 7.19. The highest BCUT2D eigenvalue weighted by Crippen LogP contribution is 2.40. The molecule has 6 atom stereocenters. The number of rotatable bonds is 14. The number of benzene rings is 2. The predicted molar refractivity (Wildman–Crippen MR) is 199 cm³/mol. The standard InChI is InChI=1S/C39H55N5O6S/c1-23(2)24(3)40-36(49)32-39(7,8)51-22-44(32)37(50)30(45)28(21-25-15-11-9-12-16-25)41-35(48)31(38(4,5)6)43-34(47)29(26-17-13-10-14-18-26)42-33(46)27-19-20-27/h9-18,23-24,27-32,45H,19-22H2,1-8H3,(H,40,49)(H,41,48)(H,42,46)(H,43,47)/t24?,28-,29-,30-,31+,32+/m0/s1. The summed E-state index contributed by atoms with van der Waals surface area (Å²) in [5.74, 6) is -2.09. The highest BCUT2D eigenvalue weighted by Gasteiger charge is 2.50. The molecule has 1 aliphatic carbocycles. The number of nitrogens with one attached hydrogen (secondary N) is 4. The molecule has 2 aromatic carbocycles. The molecule has 2 aromatic rings. The molecule has 0 spiro atoms. The maximum atomic E-state index is 14.2. The van der Waals surface area contributed by atoms with Crippen LogP contribution in [0.1, 0.15) is 85.4 Å². The third-order valence-electron chi connectivity index (χ3n) is 9.75. The van der Waals surface area contributed by atoms with Crippen molar-refractivity contribution in [3.8, 4) is 0 Å². The molecule has 2 fully saturated rings. The number of nitrogens with zero attached hydrogens (tertiary/aromatic N) is 1. The third-order valence-corrected chi connectivity index (χ3v) is 11.1. The molecule has 2 aliphatic rings. The van der Waals surface area contributed by atoms with Gasteiger partial charge in [0.15, 0.2) is 6.10 Å². The highest BCUT2D eigenvalue weighted by atomic mass is 32.2. The fourth-order valence-electron chi connectivity index (χ4n) is 6.05. The molecule has 11 nitrogen and oxygen atoms in total. The minimum absolute atomic E-state index is 0.111. The van der Waals surface area contributed by atoms with Gasteiger partial charge in [0.05, 0.1) is 11.9 Å². The molecule has 5 N–H and O–H groups in total. The topological polar surface area (TPSA) is 157 Å². The van der Waals surface area contributed by atoms with Gasteiger partial charge in [-0.15, -0.1) is 11.8 Å². The quantitative estimate of drug-likeness (QED) is 0.199. The maximum Gasteiger partial charge on any atom is 0.254 e. The van der Waals surface area contributed by atoms with Crippen LogP contribution in [-0.2, 0) is 30.4 Å². The zero-order chi connectivity index (χ0) is 37.7. The van der Waals surface area contributed by atoms with Crippen molar-refractivity contribution in [1.82, 2.24) is 26.2 Å². The van der Waals surface area contributed by atoms with E-state index in [1.54, 1.807) is 45.0 Å². The largest absolute Gasteiger partial charge is 0.381 e. The molecule has 0 aromatic heterocycles. The van der Waals surface area contributed by atoms with Gasteiger partial charge < -0.3 is 31.3 Å². The smallest absolute Gasteiger partial charge is 0.254 e. The zero-order valence-electron chi connectivity index (χ0n) is 31.1. The Kier molecular flexibility index (Phi) is 13.0. The van der Waals surface area contributed by atoms with Gasteiger partial charge in [0.25, 0.3) is 5.91 Å². The Hall–Kier alpha value is -3.90. The van der Waals surface area contributed by atoms with Crippen LogP contribution in [0.4, 0.5) is 0 Å². The van der Waals surface area contributed by atoms with E-state index < -0.39 is 58.2 Å². The summed E-state index contributed by atoms with van der Waals surface area (Å²) in [6.07, 6.45) is -0.0585. The van der Waals surface area contributed by atoms with Gasteiger partial charge in [-0.05, 0) is 62.5 Å². The summed E-state index contributed by atoms with van der Waals surface area (Å²) in [6, 6.07) is 13.8. The molecular formula is C39H55N5O6S. The van der Waals surface area contributed by atoms with Gasteiger partial charge in [0.1, 0.15) is 18.1 Å². The van der Waals surface area contributed by atoms with Crippen molar-refractivity contribution >= 4 is 41.3 Å². The number of aliphatic hydroxyl groups is 1. The van der Waals surface area contributed by atoms with E-state index in [1.807, 2.05) is 71.0 Å². The van der Waals surface area contributed by atoms with E-state index in [4.69, 9.17) is 0 Å². The first kappa shape index (κ1) is 39.9. The van der Waals surface area contributed by atoms with Crippen LogP contribution in [-0.4, -0.2) is 80.4 Å². The molecule has 0 radical (unpaired) electrons. The normalized spacial score (nSPS) is 20.0. The van der Waals surface area contributed by atoms with E-state index in [0.29, 0.717) is 5.56 Å². The predicted octanol–water partition coefficient (Wildman–Crippen LogP) is 3.71. The van der Waals surface area contributed by atoms with E-state index >= 15 is 0 Å². The monoisotopic (exact) mass is 721 g/mol. The van der Waals surface area contributed by atoms with Crippen LogP contribution in [0.2, 0.25) is 0 Å². The summed E-state index contributed by atoms with van der Waals surface area (Å²) >= 11 is 1.45. The summed E-state index contributed by atoms with van der Waals surface area (Å²) in [5, 5.41) is 23.4. The molecule has 1 aliphatic heterocycles. The summed E-state index contributed by atoms with van der Waals surface area (Å²) in [4.78, 5) is 70.1. The highest BCUT2D eigenvalue weighted by molar-refractivity contribution is 8.00. The minimum atomic E-state index is -1.70. The van der Waals surface area contributed by atoms with Gasteiger partial charge in [-0.3, -0.25) is 24.0 Å². The van der Waals surface area contributed by atoms with Gasteiger partial charge in [0, 0.05) is 16.7 Å².